The molecule has 1 heterocycles. The molecule has 1 aliphatic rings. The van der Waals surface area contributed by atoms with Crippen LogP contribution < -0.4 is 0 Å². The SMILES string of the molecule is CN1CCN(S(=O)(=O)c2ccc(C#N)c(Cl)c2)CC1=O. The van der Waals surface area contributed by atoms with Crippen molar-refractivity contribution in [3.8, 4) is 6.07 Å². The van der Waals surface area contributed by atoms with E-state index in [0.29, 0.717) is 6.54 Å². The summed E-state index contributed by atoms with van der Waals surface area (Å²) in [6.45, 7) is 0.403. The lowest BCUT2D eigenvalue weighted by Gasteiger charge is -2.31. The van der Waals surface area contributed by atoms with Crippen LogP contribution in [0.25, 0.3) is 0 Å². The minimum absolute atomic E-state index is 0.0150. The van der Waals surface area contributed by atoms with Crippen LogP contribution in [0.4, 0.5) is 0 Å². The molecule has 1 fully saturated rings. The number of amides is 1. The quantitative estimate of drug-likeness (QED) is 0.804. The maximum absolute atomic E-state index is 12.4. The first-order valence-electron chi connectivity index (χ1n) is 5.80. The van der Waals surface area contributed by atoms with Crippen LogP contribution in [0.5, 0.6) is 0 Å². The fourth-order valence-electron chi connectivity index (χ4n) is 1.84. The highest BCUT2D eigenvalue weighted by atomic mass is 35.5. The summed E-state index contributed by atoms with van der Waals surface area (Å²) >= 11 is 5.85. The molecule has 1 saturated heterocycles. The van der Waals surface area contributed by atoms with Gasteiger partial charge in [-0.2, -0.15) is 9.57 Å². The summed E-state index contributed by atoms with van der Waals surface area (Å²) < 4.78 is 25.9. The second kappa shape index (κ2) is 5.40. The predicted molar refractivity (Wildman–Crippen MR) is 72.6 cm³/mol. The third-order valence-corrected chi connectivity index (χ3v) is 5.27. The van der Waals surface area contributed by atoms with Crippen LogP contribution in [0.3, 0.4) is 0 Å². The highest BCUT2D eigenvalue weighted by Crippen LogP contribution is 2.23. The van der Waals surface area contributed by atoms with Crippen LogP contribution in [0.2, 0.25) is 5.02 Å². The Hall–Kier alpha value is -1.62. The van der Waals surface area contributed by atoms with Gasteiger partial charge in [-0.15, -0.1) is 0 Å². The minimum atomic E-state index is -3.77. The Bertz CT molecular complexity index is 696. The zero-order chi connectivity index (χ0) is 14.9. The predicted octanol–water partition coefficient (Wildman–Crippen LogP) is 0.674. The van der Waals surface area contributed by atoms with E-state index >= 15 is 0 Å². The summed E-state index contributed by atoms with van der Waals surface area (Å²) in [5.41, 5.74) is 0.208. The van der Waals surface area contributed by atoms with Crippen molar-refractivity contribution >= 4 is 27.5 Å². The fourth-order valence-corrected chi connectivity index (χ4v) is 3.53. The van der Waals surface area contributed by atoms with Gasteiger partial charge in [0.1, 0.15) is 6.07 Å². The lowest BCUT2D eigenvalue weighted by molar-refractivity contribution is -0.132. The van der Waals surface area contributed by atoms with Crippen molar-refractivity contribution < 1.29 is 13.2 Å². The molecule has 6 nitrogen and oxygen atoms in total. The van der Waals surface area contributed by atoms with Crippen LogP contribution in [-0.2, 0) is 14.8 Å². The number of carbonyl (C=O) groups is 1. The summed E-state index contributed by atoms with van der Waals surface area (Å²) in [6, 6.07) is 5.78. The summed E-state index contributed by atoms with van der Waals surface area (Å²) in [5, 5.41) is 8.86. The molecule has 0 aliphatic carbocycles. The summed E-state index contributed by atoms with van der Waals surface area (Å²) in [5.74, 6) is -0.250. The van der Waals surface area contributed by atoms with Crippen molar-refractivity contribution in [1.29, 1.82) is 5.26 Å². The minimum Gasteiger partial charge on any atom is -0.343 e. The Morgan fingerprint density at radius 2 is 2.05 bits per heavy atom. The number of benzene rings is 1. The van der Waals surface area contributed by atoms with Crippen molar-refractivity contribution in [3.63, 3.8) is 0 Å². The monoisotopic (exact) mass is 313 g/mol. The summed E-state index contributed by atoms with van der Waals surface area (Å²) in [7, 11) is -2.14. The number of likely N-dealkylation sites (N-methyl/N-ethyl adjacent to an activating group) is 1. The van der Waals surface area contributed by atoms with Gasteiger partial charge >= 0.3 is 0 Å². The molecule has 0 atom stereocenters. The first kappa shape index (κ1) is 14.8. The first-order valence-corrected chi connectivity index (χ1v) is 7.62. The number of nitrogens with zero attached hydrogens (tertiary/aromatic N) is 3. The smallest absolute Gasteiger partial charge is 0.243 e. The van der Waals surface area contributed by atoms with E-state index in [4.69, 9.17) is 16.9 Å². The van der Waals surface area contributed by atoms with E-state index < -0.39 is 10.0 Å². The second-order valence-electron chi connectivity index (χ2n) is 4.41. The largest absolute Gasteiger partial charge is 0.343 e. The zero-order valence-electron chi connectivity index (χ0n) is 10.7. The van der Waals surface area contributed by atoms with Gasteiger partial charge < -0.3 is 4.90 Å². The van der Waals surface area contributed by atoms with E-state index in [1.165, 1.54) is 23.1 Å². The molecule has 20 heavy (non-hydrogen) atoms. The Balaban J connectivity index is 2.34. The second-order valence-corrected chi connectivity index (χ2v) is 6.75. The molecule has 0 aromatic heterocycles. The molecule has 1 aromatic carbocycles. The number of carbonyl (C=O) groups excluding carboxylic acids is 1. The Morgan fingerprint density at radius 1 is 1.35 bits per heavy atom. The average Bonchev–Trinajstić information content (AvgIpc) is 2.41. The van der Waals surface area contributed by atoms with Gasteiger partial charge in [0.15, 0.2) is 0 Å². The molecule has 0 bridgehead atoms. The molecule has 1 aromatic rings. The molecular formula is C12H12ClN3O3S. The first-order chi connectivity index (χ1) is 9.36. The highest BCUT2D eigenvalue weighted by Gasteiger charge is 2.31. The highest BCUT2D eigenvalue weighted by molar-refractivity contribution is 7.89. The molecule has 2 rings (SSSR count). The molecule has 0 unspecified atom stereocenters. The van der Waals surface area contributed by atoms with Gasteiger partial charge in [-0.05, 0) is 18.2 Å². The van der Waals surface area contributed by atoms with E-state index in [1.54, 1.807) is 7.05 Å². The van der Waals surface area contributed by atoms with Crippen molar-refractivity contribution in [2.45, 2.75) is 4.90 Å². The standard InChI is InChI=1S/C12H12ClN3O3S/c1-15-4-5-16(8-12(15)17)20(18,19)10-3-2-9(7-14)11(13)6-10/h2-3,6H,4-5,8H2,1H3. The van der Waals surface area contributed by atoms with Crippen LogP contribution in [0, 0.1) is 11.3 Å². The molecule has 0 saturated carbocycles. The normalized spacial score (nSPS) is 17.1. The molecule has 0 spiro atoms. The maximum atomic E-state index is 12.4. The Labute approximate surface area is 122 Å². The fraction of sp³-hybridized carbons (Fsp3) is 0.333. The van der Waals surface area contributed by atoms with E-state index in [1.807, 2.05) is 6.07 Å². The van der Waals surface area contributed by atoms with Crippen molar-refractivity contribution in [1.82, 2.24) is 9.21 Å². The zero-order valence-corrected chi connectivity index (χ0v) is 12.3. The van der Waals surface area contributed by atoms with Crippen LogP contribution in [0.15, 0.2) is 23.1 Å². The van der Waals surface area contributed by atoms with E-state index in [0.717, 1.165) is 4.31 Å². The summed E-state index contributed by atoms with van der Waals surface area (Å²) in [6.07, 6.45) is 0. The van der Waals surface area contributed by atoms with Crippen molar-refractivity contribution in [2.24, 2.45) is 0 Å². The third kappa shape index (κ3) is 2.63. The van der Waals surface area contributed by atoms with Gasteiger partial charge in [-0.1, -0.05) is 11.6 Å². The van der Waals surface area contributed by atoms with Gasteiger partial charge in [0.05, 0.1) is 22.0 Å². The van der Waals surface area contributed by atoms with Crippen LogP contribution >= 0.6 is 11.6 Å². The van der Waals surface area contributed by atoms with Gasteiger partial charge in [0.2, 0.25) is 15.9 Å². The number of piperazine rings is 1. The third-order valence-electron chi connectivity index (χ3n) is 3.12. The number of hydrogen-bond donors (Lipinski definition) is 0. The van der Waals surface area contributed by atoms with Gasteiger partial charge in [-0.3, -0.25) is 4.79 Å². The Morgan fingerprint density at radius 3 is 2.60 bits per heavy atom. The number of rotatable bonds is 2. The van der Waals surface area contributed by atoms with Crippen LogP contribution in [-0.4, -0.2) is 50.2 Å². The van der Waals surface area contributed by atoms with Gasteiger partial charge in [0, 0.05) is 20.1 Å². The number of nitriles is 1. The molecular weight excluding hydrogens is 302 g/mol. The van der Waals surface area contributed by atoms with Gasteiger partial charge in [0.25, 0.3) is 0 Å². The molecule has 8 heteroatoms. The van der Waals surface area contributed by atoms with E-state index in [9.17, 15) is 13.2 Å². The summed E-state index contributed by atoms with van der Waals surface area (Å²) in [4.78, 5) is 13.1. The Kier molecular flexibility index (Phi) is 3.99. The average molecular weight is 314 g/mol. The number of sulfonamides is 1. The van der Waals surface area contributed by atoms with Crippen molar-refractivity contribution in [3.05, 3.63) is 28.8 Å². The molecule has 0 radical (unpaired) electrons. The topological polar surface area (TPSA) is 81.5 Å². The molecule has 1 aliphatic heterocycles. The maximum Gasteiger partial charge on any atom is 0.243 e. The lowest BCUT2D eigenvalue weighted by atomic mass is 10.2. The number of hydrogen-bond acceptors (Lipinski definition) is 4. The van der Waals surface area contributed by atoms with E-state index in [-0.39, 0.29) is 34.5 Å². The van der Waals surface area contributed by atoms with Crippen molar-refractivity contribution in [2.75, 3.05) is 26.7 Å². The molecule has 0 N–H and O–H groups in total. The molecule has 106 valence electrons. The van der Waals surface area contributed by atoms with Crippen LogP contribution in [0.1, 0.15) is 5.56 Å². The lowest BCUT2D eigenvalue weighted by Crippen LogP contribution is -2.50. The number of halogens is 1. The molecule has 1 amide bonds. The van der Waals surface area contributed by atoms with E-state index in [2.05, 4.69) is 0 Å². The van der Waals surface area contributed by atoms with Gasteiger partial charge in [-0.25, -0.2) is 8.42 Å².